The van der Waals surface area contributed by atoms with Crippen LogP contribution in [0.25, 0.3) is 11.3 Å². The van der Waals surface area contributed by atoms with Gasteiger partial charge in [-0.25, -0.2) is 4.98 Å². The van der Waals surface area contributed by atoms with Gasteiger partial charge in [-0.05, 0) is 18.2 Å². The van der Waals surface area contributed by atoms with E-state index in [0.29, 0.717) is 30.2 Å². The van der Waals surface area contributed by atoms with E-state index in [9.17, 15) is 5.26 Å². The summed E-state index contributed by atoms with van der Waals surface area (Å²) < 4.78 is 17.3. The van der Waals surface area contributed by atoms with Crippen LogP contribution < -0.4 is 16.2 Å². The van der Waals surface area contributed by atoms with Gasteiger partial charge in [0.25, 0.3) is 0 Å². The number of nitriles is 1. The summed E-state index contributed by atoms with van der Waals surface area (Å²) in [6, 6.07) is 7.35. The second kappa shape index (κ2) is 7.00. The molecule has 1 aliphatic rings. The highest BCUT2D eigenvalue weighted by molar-refractivity contribution is 9.10. The third-order valence-electron chi connectivity index (χ3n) is 3.33. The third-order valence-corrected chi connectivity index (χ3v) is 3.82. The van der Waals surface area contributed by atoms with Crippen LogP contribution in [0.2, 0.25) is 0 Å². The van der Waals surface area contributed by atoms with Crippen LogP contribution in [0.4, 0.5) is 11.8 Å². The lowest BCUT2D eigenvalue weighted by Gasteiger charge is -2.15. The van der Waals surface area contributed by atoms with Crippen molar-refractivity contribution < 1.29 is 14.2 Å². The van der Waals surface area contributed by atoms with Crippen molar-refractivity contribution in [1.82, 2.24) is 9.97 Å². The number of aromatic nitrogens is 2. The van der Waals surface area contributed by atoms with Gasteiger partial charge in [0.1, 0.15) is 29.8 Å². The molecule has 1 aromatic carbocycles. The molecule has 0 amide bonds. The van der Waals surface area contributed by atoms with Gasteiger partial charge in [-0.2, -0.15) is 10.2 Å². The molecule has 24 heavy (non-hydrogen) atoms. The Morgan fingerprint density at radius 2 is 2.04 bits per heavy atom. The molecule has 2 aromatic rings. The molecule has 0 unspecified atom stereocenters. The third kappa shape index (κ3) is 3.41. The van der Waals surface area contributed by atoms with E-state index in [1.165, 1.54) is 0 Å². The van der Waals surface area contributed by atoms with E-state index < -0.39 is 6.29 Å². The van der Waals surface area contributed by atoms with E-state index >= 15 is 0 Å². The van der Waals surface area contributed by atoms with E-state index in [2.05, 4.69) is 25.9 Å². The molecule has 1 saturated heterocycles. The lowest BCUT2D eigenvalue weighted by Crippen LogP contribution is -2.18. The molecule has 1 aromatic heterocycles. The molecule has 3 rings (SSSR count). The van der Waals surface area contributed by atoms with Crippen molar-refractivity contribution in [3.63, 3.8) is 0 Å². The lowest BCUT2D eigenvalue weighted by atomic mass is 10.1. The lowest BCUT2D eigenvalue weighted by molar-refractivity contribution is -0.0683. The zero-order chi connectivity index (χ0) is 17.1. The molecular weight excluding hydrogens is 378 g/mol. The smallest absolute Gasteiger partial charge is 0.222 e. The highest BCUT2D eigenvalue weighted by atomic mass is 79.9. The first-order chi connectivity index (χ1) is 11.6. The van der Waals surface area contributed by atoms with Gasteiger partial charge in [0.2, 0.25) is 5.95 Å². The molecule has 0 saturated carbocycles. The molecule has 0 bridgehead atoms. The zero-order valence-corrected chi connectivity index (χ0v) is 14.1. The zero-order valence-electron chi connectivity index (χ0n) is 12.5. The summed E-state index contributed by atoms with van der Waals surface area (Å²) in [7, 11) is 0. The summed E-state index contributed by atoms with van der Waals surface area (Å²) in [6.07, 6.45) is -0.419. The number of hydrogen-bond acceptors (Lipinski definition) is 8. The summed E-state index contributed by atoms with van der Waals surface area (Å²) in [5, 5.41) is 9.37. The van der Waals surface area contributed by atoms with Crippen molar-refractivity contribution in [3.8, 4) is 23.1 Å². The van der Waals surface area contributed by atoms with Crippen LogP contribution >= 0.6 is 15.9 Å². The molecule has 0 spiro atoms. The van der Waals surface area contributed by atoms with Gasteiger partial charge in [0.15, 0.2) is 6.29 Å². The average Bonchev–Trinajstić information content (AvgIpc) is 3.06. The first kappa shape index (κ1) is 16.4. The average molecular weight is 392 g/mol. The number of hydrogen-bond donors (Lipinski definition) is 2. The molecule has 9 heteroatoms. The minimum absolute atomic E-state index is 0.0186. The van der Waals surface area contributed by atoms with Crippen LogP contribution in [0.1, 0.15) is 5.56 Å². The number of nitrogen functional groups attached to an aromatic ring is 2. The number of anilines is 2. The van der Waals surface area contributed by atoms with Gasteiger partial charge in [-0.3, -0.25) is 0 Å². The van der Waals surface area contributed by atoms with Crippen molar-refractivity contribution in [2.24, 2.45) is 0 Å². The number of ether oxygens (including phenoxy) is 3. The quantitative estimate of drug-likeness (QED) is 0.804. The minimum atomic E-state index is -0.419. The summed E-state index contributed by atoms with van der Waals surface area (Å²) in [5.41, 5.74) is 12.5. The van der Waals surface area contributed by atoms with Gasteiger partial charge in [-0.1, -0.05) is 15.9 Å². The molecule has 0 aliphatic carbocycles. The maximum Gasteiger partial charge on any atom is 0.222 e. The number of rotatable bonds is 4. The Labute approximate surface area is 146 Å². The fourth-order valence-corrected chi connectivity index (χ4v) is 2.64. The summed E-state index contributed by atoms with van der Waals surface area (Å²) >= 11 is 3.40. The van der Waals surface area contributed by atoms with Crippen molar-refractivity contribution in [2.45, 2.75) is 6.29 Å². The first-order valence-electron chi connectivity index (χ1n) is 7.07. The Balaban J connectivity index is 2.01. The van der Waals surface area contributed by atoms with Crippen LogP contribution in [0, 0.1) is 11.3 Å². The minimum Gasteiger partial charge on any atom is -0.488 e. The molecule has 1 fully saturated rings. The number of nitrogens with zero attached hydrogens (tertiary/aromatic N) is 3. The Hall–Kier alpha value is -2.41. The maximum atomic E-state index is 9.37. The standard InChI is InChI=1S/C15H14BrN5O3/c16-8-1-2-11(24-7-12-22-3-4-23-12)9(5-8)13-10(6-17)14(18)21-15(19)20-13/h1-2,5,12H,3-4,7H2,(H4,18,19,20,21). The number of benzene rings is 1. The first-order valence-corrected chi connectivity index (χ1v) is 7.87. The van der Waals surface area contributed by atoms with Crippen molar-refractivity contribution in [1.29, 1.82) is 5.26 Å². The van der Waals surface area contributed by atoms with Crippen LogP contribution in [0.3, 0.4) is 0 Å². The molecule has 4 N–H and O–H groups in total. The second-order valence-electron chi connectivity index (χ2n) is 4.93. The monoisotopic (exact) mass is 391 g/mol. The Bertz CT molecular complexity index is 802. The van der Waals surface area contributed by atoms with E-state index in [4.69, 9.17) is 25.7 Å². The fraction of sp³-hybridized carbons (Fsp3) is 0.267. The summed E-state index contributed by atoms with van der Waals surface area (Å²) in [4.78, 5) is 7.98. The second-order valence-corrected chi connectivity index (χ2v) is 5.84. The molecule has 0 radical (unpaired) electrons. The number of nitrogens with two attached hydrogens (primary N) is 2. The largest absolute Gasteiger partial charge is 0.488 e. The predicted molar refractivity (Wildman–Crippen MR) is 89.9 cm³/mol. The van der Waals surface area contributed by atoms with Gasteiger partial charge >= 0.3 is 0 Å². The van der Waals surface area contributed by atoms with Gasteiger partial charge in [-0.15, -0.1) is 0 Å². The number of halogens is 1. The van der Waals surface area contributed by atoms with Gasteiger partial charge < -0.3 is 25.7 Å². The van der Waals surface area contributed by atoms with Gasteiger partial charge in [0, 0.05) is 10.0 Å². The molecule has 0 atom stereocenters. The maximum absolute atomic E-state index is 9.37. The SMILES string of the molecule is N#Cc1c(N)nc(N)nc1-c1cc(Br)ccc1OCC1OCCO1. The summed E-state index contributed by atoms with van der Waals surface area (Å²) in [5.74, 6) is 0.509. The van der Waals surface area contributed by atoms with Crippen molar-refractivity contribution in [3.05, 3.63) is 28.2 Å². The van der Waals surface area contributed by atoms with Crippen molar-refractivity contribution >= 4 is 27.7 Å². The topological polar surface area (TPSA) is 129 Å². The van der Waals surface area contributed by atoms with Crippen LogP contribution in [-0.4, -0.2) is 36.1 Å². The molecular formula is C15H14BrN5O3. The fourth-order valence-electron chi connectivity index (χ4n) is 2.28. The van der Waals surface area contributed by atoms with Crippen LogP contribution in [0.5, 0.6) is 5.75 Å². The molecule has 2 heterocycles. The highest BCUT2D eigenvalue weighted by Gasteiger charge is 2.20. The van der Waals surface area contributed by atoms with E-state index in [1.54, 1.807) is 12.1 Å². The molecule has 1 aliphatic heterocycles. The predicted octanol–water partition coefficient (Wildman–Crippen LogP) is 1.69. The normalized spacial score (nSPS) is 14.5. The molecule has 8 nitrogen and oxygen atoms in total. The molecule has 124 valence electrons. The van der Waals surface area contributed by atoms with E-state index in [-0.39, 0.29) is 23.9 Å². The Kier molecular flexibility index (Phi) is 4.80. The van der Waals surface area contributed by atoms with E-state index in [1.807, 2.05) is 12.1 Å². The van der Waals surface area contributed by atoms with Gasteiger partial charge in [0.05, 0.1) is 18.9 Å². The highest BCUT2D eigenvalue weighted by Crippen LogP contribution is 2.35. The van der Waals surface area contributed by atoms with E-state index in [0.717, 1.165) is 4.47 Å². The Morgan fingerprint density at radius 3 is 2.75 bits per heavy atom. The summed E-state index contributed by atoms with van der Waals surface area (Å²) in [6.45, 7) is 1.30. The van der Waals surface area contributed by atoms with Crippen LogP contribution in [0.15, 0.2) is 22.7 Å². The Morgan fingerprint density at radius 1 is 1.29 bits per heavy atom. The van der Waals surface area contributed by atoms with Crippen molar-refractivity contribution in [2.75, 3.05) is 31.3 Å². The van der Waals surface area contributed by atoms with Crippen LogP contribution in [-0.2, 0) is 9.47 Å².